The van der Waals surface area contributed by atoms with Crippen LogP contribution in [0.1, 0.15) is 6.92 Å². The number of hydrogen-bond acceptors (Lipinski definition) is 4. The Morgan fingerprint density at radius 3 is 2.75 bits per heavy atom. The Hall–Kier alpha value is -3.26. The molecule has 0 radical (unpaired) electrons. The highest BCUT2D eigenvalue weighted by molar-refractivity contribution is 6.11. The van der Waals surface area contributed by atoms with Gasteiger partial charge in [0.25, 0.3) is 0 Å². The van der Waals surface area contributed by atoms with Crippen LogP contribution in [0.4, 0.5) is 21.5 Å². The van der Waals surface area contributed by atoms with Crippen LogP contribution in [0, 0.1) is 5.82 Å². The van der Waals surface area contributed by atoms with E-state index in [0.717, 1.165) is 0 Å². The van der Waals surface area contributed by atoms with Crippen molar-refractivity contribution in [1.82, 2.24) is 4.90 Å². The first kappa shape index (κ1) is 19.5. The number of nitrogens with zero attached hydrogens (tertiary/aromatic N) is 2. The Morgan fingerprint density at radius 2 is 2.00 bits per heavy atom. The molecule has 2 aromatic rings. The van der Waals surface area contributed by atoms with Gasteiger partial charge < -0.3 is 10.6 Å². The first-order valence-corrected chi connectivity index (χ1v) is 8.81. The highest BCUT2D eigenvalue weighted by Gasteiger charge is 2.31. The Balaban J connectivity index is 1.66. The van der Waals surface area contributed by atoms with Gasteiger partial charge >= 0.3 is 0 Å². The van der Waals surface area contributed by atoms with Crippen LogP contribution in [-0.2, 0) is 14.4 Å². The zero-order valence-electron chi connectivity index (χ0n) is 15.6. The zero-order chi connectivity index (χ0) is 20.3. The lowest BCUT2D eigenvalue weighted by molar-refractivity contribution is -0.126. The predicted molar refractivity (Wildman–Crippen MR) is 105 cm³/mol. The van der Waals surface area contributed by atoms with Crippen molar-refractivity contribution in [1.29, 1.82) is 0 Å². The van der Waals surface area contributed by atoms with Crippen LogP contribution < -0.4 is 15.5 Å². The number of anilines is 3. The number of amides is 3. The minimum Gasteiger partial charge on any atom is -0.325 e. The van der Waals surface area contributed by atoms with Crippen molar-refractivity contribution < 1.29 is 18.8 Å². The van der Waals surface area contributed by atoms with E-state index in [-0.39, 0.29) is 30.8 Å². The molecular weight excluding hydrogens is 363 g/mol. The van der Waals surface area contributed by atoms with Crippen molar-refractivity contribution in [3.05, 3.63) is 54.3 Å². The molecular formula is C20H21FN4O3. The summed E-state index contributed by atoms with van der Waals surface area (Å²) in [5.74, 6) is -1.38. The quantitative estimate of drug-likeness (QED) is 0.827. The summed E-state index contributed by atoms with van der Waals surface area (Å²) >= 11 is 0. The average molecular weight is 384 g/mol. The molecule has 3 amide bonds. The maximum absolute atomic E-state index is 13.2. The second-order valence-corrected chi connectivity index (χ2v) is 6.64. The van der Waals surface area contributed by atoms with Gasteiger partial charge in [0.2, 0.25) is 17.7 Å². The number of para-hydroxylation sites is 2. The number of likely N-dealkylation sites (N-methyl/N-ethyl adjacent to an activating group) is 1. The van der Waals surface area contributed by atoms with Gasteiger partial charge in [0.05, 0.1) is 24.0 Å². The number of fused-ring (bicyclic) bond motifs is 1. The molecule has 7 nitrogen and oxygen atoms in total. The molecule has 0 aromatic heterocycles. The van der Waals surface area contributed by atoms with Gasteiger partial charge in [-0.25, -0.2) is 4.39 Å². The summed E-state index contributed by atoms with van der Waals surface area (Å²) in [5.41, 5.74) is 1.54. The van der Waals surface area contributed by atoms with Crippen molar-refractivity contribution >= 4 is 34.8 Å². The fraction of sp³-hybridized carbons (Fsp3) is 0.250. The first-order valence-electron chi connectivity index (χ1n) is 8.81. The highest BCUT2D eigenvalue weighted by Crippen LogP contribution is 2.29. The average Bonchev–Trinajstić information content (AvgIpc) is 2.66. The van der Waals surface area contributed by atoms with E-state index in [1.54, 1.807) is 49.2 Å². The van der Waals surface area contributed by atoms with Crippen molar-refractivity contribution in [2.45, 2.75) is 13.0 Å². The molecule has 0 unspecified atom stereocenters. The lowest BCUT2D eigenvalue weighted by atomic mass is 10.1. The largest absolute Gasteiger partial charge is 0.325 e. The van der Waals surface area contributed by atoms with Crippen molar-refractivity contribution in [3.63, 3.8) is 0 Å². The number of halogens is 1. The molecule has 8 heteroatoms. The third-order valence-corrected chi connectivity index (χ3v) is 4.56. The fourth-order valence-electron chi connectivity index (χ4n) is 2.97. The number of carbonyl (C=O) groups is 3. The zero-order valence-corrected chi connectivity index (χ0v) is 15.6. The lowest BCUT2D eigenvalue weighted by Gasteiger charge is -2.33. The summed E-state index contributed by atoms with van der Waals surface area (Å²) in [5, 5.41) is 5.34. The summed E-state index contributed by atoms with van der Waals surface area (Å²) in [6.45, 7) is 1.53. The smallest absolute Gasteiger partial charge is 0.244 e. The van der Waals surface area contributed by atoms with Gasteiger partial charge in [0.15, 0.2) is 0 Å². The SMILES string of the molecule is C[C@H](C(=O)N1CC(=O)Nc2ccccc21)N(C)CC(=O)Nc1cccc(F)c1. The molecule has 0 spiro atoms. The number of rotatable bonds is 5. The van der Waals surface area contributed by atoms with Crippen LogP contribution >= 0.6 is 0 Å². The topological polar surface area (TPSA) is 81.8 Å². The third kappa shape index (κ3) is 4.34. The summed E-state index contributed by atoms with van der Waals surface area (Å²) in [7, 11) is 1.64. The maximum atomic E-state index is 13.2. The van der Waals surface area contributed by atoms with Crippen molar-refractivity contribution in [3.8, 4) is 0 Å². The van der Waals surface area contributed by atoms with Crippen LogP contribution in [0.3, 0.4) is 0 Å². The molecule has 0 bridgehead atoms. The molecule has 1 aliphatic rings. The standard InChI is InChI=1S/C20H21FN4O3/c1-13(24(2)11-18(26)22-15-7-5-6-14(21)10-15)20(28)25-12-19(27)23-16-8-3-4-9-17(16)25/h3-10,13H,11-12H2,1-2H3,(H,22,26)(H,23,27)/t13-/m1/s1. The van der Waals surface area contributed by atoms with Gasteiger partial charge in [-0.1, -0.05) is 18.2 Å². The molecule has 1 aliphatic heterocycles. The van der Waals surface area contributed by atoms with Crippen LogP contribution in [0.5, 0.6) is 0 Å². The van der Waals surface area contributed by atoms with E-state index < -0.39 is 11.9 Å². The van der Waals surface area contributed by atoms with Gasteiger partial charge in [0, 0.05) is 5.69 Å². The highest BCUT2D eigenvalue weighted by atomic mass is 19.1. The number of hydrogen-bond donors (Lipinski definition) is 2. The van der Waals surface area contributed by atoms with Crippen LogP contribution in [-0.4, -0.2) is 48.8 Å². The lowest BCUT2D eigenvalue weighted by Crippen LogP contribution is -2.51. The van der Waals surface area contributed by atoms with E-state index in [1.807, 2.05) is 0 Å². The monoisotopic (exact) mass is 384 g/mol. The van der Waals surface area contributed by atoms with E-state index >= 15 is 0 Å². The van der Waals surface area contributed by atoms with Crippen LogP contribution in [0.25, 0.3) is 0 Å². The van der Waals surface area contributed by atoms with E-state index in [4.69, 9.17) is 0 Å². The molecule has 3 rings (SSSR count). The van der Waals surface area contributed by atoms with E-state index in [2.05, 4.69) is 10.6 Å². The Kier molecular flexibility index (Phi) is 5.70. The molecule has 0 saturated carbocycles. The molecule has 146 valence electrons. The van der Waals surface area contributed by atoms with Crippen LogP contribution in [0.2, 0.25) is 0 Å². The summed E-state index contributed by atoms with van der Waals surface area (Å²) in [6.07, 6.45) is 0. The summed E-state index contributed by atoms with van der Waals surface area (Å²) < 4.78 is 13.2. The minimum absolute atomic E-state index is 0.0644. The van der Waals surface area contributed by atoms with Crippen molar-refractivity contribution in [2.75, 3.05) is 35.7 Å². The van der Waals surface area contributed by atoms with Gasteiger partial charge in [-0.15, -0.1) is 0 Å². The molecule has 0 fully saturated rings. The predicted octanol–water partition coefficient (Wildman–Crippen LogP) is 2.07. The molecule has 0 saturated heterocycles. The van der Waals surface area contributed by atoms with Gasteiger partial charge in [-0.2, -0.15) is 0 Å². The molecule has 2 aromatic carbocycles. The van der Waals surface area contributed by atoms with Crippen LogP contribution in [0.15, 0.2) is 48.5 Å². The maximum Gasteiger partial charge on any atom is 0.244 e. The third-order valence-electron chi connectivity index (χ3n) is 4.56. The molecule has 1 atom stereocenters. The van der Waals surface area contributed by atoms with Gasteiger partial charge in [-0.05, 0) is 44.3 Å². The number of nitrogens with one attached hydrogen (secondary N) is 2. The summed E-state index contributed by atoms with van der Waals surface area (Å²) in [6, 6.07) is 12.0. The number of benzene rings is 2. The molecule has 28 heavy (non-hydrogen) atoms. The second kappa shape index (κ2) is 8.18. The molecule has 2 N–H and O–H groups in total. The fourth-order valence-corrected chi connectivity index (χ4v) is 2.97. The van der Waals surface area contributed by atoms with Crippen molar-refractivity contribution in [2.24, 2.45) is 0 Å². The molecule has 1 heterocycles. The van der Waals surface area contributed by atoms with E-state index in [1.165, 1.54) is 23.1 Å². The Labute approximate surface area is 162 Å². The summed E-state index contributed by atoms with van der Waals surface area (Å²) in [4.78, 5) is 40.1. The number of carbonyl (C=O) groups excluding carboxylic acids is 3. The Morgan fingerprint density at radius 1 is 1.25 bits per heavy atom. The minimum atomic E-state index is -0.641. The van der Waals surface area contributed by atoms with Gasteiger partial charge in [-0.3, -0.25) is 24.2 Å². The second-order valence-electron chi connectivity index (χ2n) is 6.64. The van der Waals surface area contributed by atoms with E-state index in [0.29, 0.717) is 17.1 Å². The first-order chi connectivity index (χ1) is 13.3. The van der Waals surface area contributed by atoms with Gasteiger partial charge in [0.1, 0.15) is 12.4 Å². The molecule has 0 aliphatic carbocycles. The Bertz CT molecular complexity index is 918. The van der Waals surface area contributed by atoms with E-state index in [9.17, 15) is 18.8 Å². The normalized spacial score (nSPS) is 14.3.